The summed E-state index contributed by atoms with van der Waals surface area (Å²) in [5, 5.41) is 20.0. The highest BCUT2D eigenvalue weighted by Crippen LogP contribution is 2.48. The fraction of sp³-hybridized carbons (Fsp3) is 0.923. The van der Waals surface area contributed by atoms with Crippen LogP contribution in [-0.2, 0) is 0 Å². The molecule has 1 fully saturated rings. The smallest absolute Gasteiger partial charge is 0.0855 e. The van der Waals surface area contributed by atoms with Gasteiger partial charge < -0.3 is 5.11 Å². The fourth-order valence-corrected chi connectivity index (χ4v) is 2.86. The van der Waals surface area contributed by atoms with E-state index in [1.54, 1.807) is 0 Å². The van der Waals surface area contributed by atoms with Crippen molar-refractivity contribution in [1.82, 2.24) is 0 Å². The lowest BCUT2D eigenvalue weighted by Gasteiger charge is -2.49. The maximum absolute atomic E-state index is 10.8. The van der Waals surface area contributed by atoms with Gasteiger partial charge in [-0.1, -0.05) is 40.0 Å². The first-order valence-corrected chi connectivity index (χ1v) is 6.10. The van der Waals surface area contributed by atoms with Crippen molar-refractivity contribution < 1.29 is 5.11 Å². The minimum Gasteiger partial charge on any atom is -0.388 e. The van der Waals surface area contributed by atoms with E-state index in [0.29, 0.717) is 0 Å². The molecular formula is C13H23NO. The van der Waals surface area contributed by atoms with Crippen LogP contribution in [0.15, 0.2) is 0 Å². The number of rotatable bonds is 3. The van der Waals surface area contributed by atoms with Gasteiger partial charge >= 0.3 is 0 Å². The largest absolute Gasteiger partial charge is 0.388 e. The second-order valence-electron chi connectivity index (χ2n) is 5.49. The van der Waals surface area contributed by atoms with E-state index in [1.165, 1.54) is 6.42 Å². The zero-order valence-corrected chi connectivity index (χ0v) is 10.2. The monoisotopic (exact) mass is 209 g/mol. The predicted octanol–water partition coefficient (Wildman–Crippen LogP) is 3.26. The molecule has 1 aliphatic rings. The molecule has 0 aromatic rings. The van der Waals surface area contributed by atoms with Crippen molar-refractivity contribution in [3.8, 4) is 6.07 Å². The first kappa shape index (κ1) is 12.5. The third-order valence-corrected chi connectivity index (χ3v) is 4.09. The first-order chi connectivity index (χ1) is 6.98. The maximum Gasteiger partial charge on any atom is 0.0855 e. The molecule has 0 aliphatic heterocycles. The highest BCUT2D eigenvalue weighted by atomic mass is 16.3. The van der Waals surface area contributed by atoms with Gasteiger partial charge in [0.1, 0.15) is 0 Å². The maximum atomic E-state index is 10.8. The molecule has 15 heavy (non-hydrogen) atoms. The van der Waals surface area contributed by atoms with Gasteiger partial charge in [0.25, 0.3) is 0 Å². The third kappa shape index (κ3) is 2.18. The number of hydrogen-bond donors (Lipinski definition) is 1. The molecule has 2 atom stereocenters. The van der Waals surface area contributed by atoms with Gasteiger partial charge in [-0.25, -0.2) is 0 Å². The van der Waals surface area contributed by atoms with Gasteiger partial charge in [0.15, 0.2) is 0 Å². The van der Waals surface area contributed by atoms with E-state index < -0.39 is 5.60 Å². The summed E-state index contributed by atoms with van der Waals surface area (Å²) in [6.07, 6.45) is 5.85. The van der Waals surface area contributed by atoms with E-state index in [9.17, 15) is 10.4 Å². The highest BCUT2D eigenvalue weighted by Gasteiger charge is 2.50. The summed E-state index contributed by atoms with van der Waals surface area (Å²) in [6.45, 7) is 6.28. The number of nitriles is 1. The molecule has 0 aromatic heterocycles. The van der Waals surface area contributed by atoms with Crippen LogP contribution in [0.1, 0.15) is 59.3 Å². The summed E-state index contributed by atoms with van der Waals surface area (Å²) in [5.74, 6) is -0.196. The minimum atomic E-state index is -0.768. The Balaban J connectivity index is 2.90. The van der Waals surface area contributed by atoms with Gasteiger partial charge in [0.2, 0.25) is 0 Å². The molecule has 0 radical (unpaired) electrons. The van der Waals surface area contributed by atoms with Gasteiger partial charge in [-0.05, 0) is 24.7 Å². The van der Waals surface area contributed by atoms with Crippen molar-refractivity contribution in [3.05, 3.63) is 0 Å². The number of hydrogen-bond acceptors (Lipinski definition) is 2. The van der Waals surface area contributed by atoms with Crippen molar-refractivity contribution in [2.45, 2.75) is 64.9 Å². The molecular weight excluding hydrogens is 186 g/mol. The Hall–Kier alpha value is -0.550. The van der Waals surface area contributed by atoms with Crippen LogP contribution in [0.4, 0.5) is 0 Å². The second kappa shape index (κ2) is 4.53. The summed E-state index contributed by atoms with van der Waals surface area (Å²) in [5.41, 5.74) is -0.878. The van der Waals surface area contributed by atoms with Gasteiger partial charge in [-0.2, -0.15) is 5.26 Å². The van der Waals surface area contributed by atoms with E-state index in [1.807, 2.05) is 0 Å². The van der Waals surface area contributed by atoms with E-state index in [0.717, 1.165) is 32.1 Å². The topological polar surface area (TPSA) is 44.0 Å². The summed E-state index contributed by atoms with van der Waals surface area (Å²) < 4.78 is 0. The van der Waals surface area contributed by atoms with E-state index in [4.69, 9.17) is 0 Å². The van der Waals surface area contributed by atoms with Crippen LogP contribution in [0, 0.1) is 22.7 Å². The van der Waals surface area contributed by atoms with Crippen molar-refractivity contribution in [2.75, 3.05) is 0 Å². The molecule has 1 rings (SSSR count). The average molecular weight is 209 g/mol. The molecule has 0 spiro atoms. The van der Waals surface area contributed by atoms with Crippen LogP contribution < -0.4 is 0 Å². The van der Waals surface area contributed by atoms with E-state index in [2.05, 4.69) is 26.8 Å². The van der Waals surface area contributed by atoms with Crippen LogP contribution in [0.25, 0.3) is 0 Å². The van der Waals surface area contributed by atoms with Gasteiger partial charge in [0.05, 0.1) is 17.6 Å². The molecule has 0 aromatic carbocycles. The number of nitrogens with zero attached hydrogens (tertiary/aromatic N) is 1. The summed E-state index contributed by atoms with van der Waals surface area (Å²) in [6, 6.07) is 2.32. The highest BCUT2D eigenvalue weighted by molar-refractivity contribution is 5.07. The lowest BCUT2D eigenvalue weighted by Crippen LogP contribution is -2.52. The quantitative estimate of drug-likeness (QED) is 0.775. The average Bonchev–Trinajstić information content (AvgIpc) is 2.19. The third-order valence-electron chi connectivity index (χ3n) is 4.09. The molecule has 0 bridgehead atoms. The first-order valence-electron chi connectivity index (χ1n) is 6.10. The molecule has 2 unspecified atom stereocenters. The number of aliphatic hydroxyl groups is 1. The summed E-state index contributed by atoms with van der Waals surface area (Å²) in [7, 11) is 0. The minimum absolute atomic E-state index is 0.110. The molecule has 2 nitrogen and oxygen atoms in total. The van der Waals surface area contributed by atoms with Crippen molar-refractivity contribution >= 4 is 0 Å². The van der Waals surface area contributed by atoms with Crippen LogP contribution in [0.3, 0.4) is 0 Å². The van der Waals surface area contributed by atoms with E-state index in [-0.39, 0.29) is 11.3 Å². The second-order valence-corrected chi connectivity index (χ2v) is 5.49. The van der Waals surface area contributed by atoms with Crippen molar-refractivity contribution in [1.29, 1.82) is 5.26 Å². The van der Waals surface area contributed by atoms with Crippen molar-refractivity contribution in [2.24, 2.45) is 11.3 Å². The van der Waals surface area contributed by atoms with Gasteiger partial charge in [-0.15, -0.1) is 0 Å². The molecule has 1 N–H and O–H groups in total. The summed E-state index contributed by atoms with van der Waals surface area (Å²) in [4.78, 5) is 0. The lowest BCUT2D eigenvalue weighted by molar-refractivity contribution is -0.125. The molecule has 86 valence electrons. The molecule has 0 amide bonds. The van der Waals surface area contributed by atoms with Crippen LogP contribution >= 0.6 is 0 Å². The molecule has 2 heteroatoms. The zero-order chi connectivity index (χ0) is 11.5. The summed E-state index contributed by atoms with van der Waals surface area (Å²) >= 11 is 0. The SMILES string of the molecule is CCCC(C#N)C1(O)CCCCC1(C)C. The Kier molecular flexibility index (Phi) is 3.78. The Labute approximate surface area is 93.3 Å². The van der Waals surface area contributed by atoms with Gasteiger partial charge in [0, 0.05) is 0 Å². The predicted molar refractivity (Wildman–Crippen MR) is 61.2 cm³/mol. The van der Waals surface area contributed by atoms with Crippen LogP contribution in [-0.4, -0.2) is 10.7 Å². The lowest BCUT2D eigenvalue weighted by atomic mass is 9.60. The molecule has 0 heterocycles. The van der Waals surface area contributed by atoms with Crippen LogP contribution in [0.2, 0.25) is 0 Å². The zero-order valence-electron chi connectivity index (χ0n) is 10.2. The Morgan fingerprint density at radius 3 is 2.40 bits per heavy atom. The van der Waals surface area contributed by atoms with Crippen molar-refractivity contribution in [3.63, 3.8) is 0 Å². The Morgan fingerprint density at radius 2 is 1.93 bits per heavy atom. The van der Waals surface area contributed by atoms with E-state index >= 15 is 0 Å². The normalized spacial score (nSPS) is 31.9. The molecule has 1 saturated carbocycles. The Morgan fingerprint density at radius 1 is 1.33 bits per heavy atom. The van der Waals surface area contributed by atoms with Crippen LogP contribution in [0.5, 0.6) is 0 Å². The molecule has 0 saturated heterocycles. The van der Waals surface area contributed by atoms with Gasteiger partial charge in [-0.3, -0.25) is 0 Å². The fourth-order valence-electron chi connectivity index (χ4n) is 2.86. The Bertz CT molecular complexity index is 254. The standard InChI is InChI=1S/C13H23NO/c1-4-7-11(10-14)13(15)9-6-5-8-12(13,2)3/h11,15H,4-9H2,1-3H3. The molecule has 1 aliphatic carbocycles.